The molecule has 1 fully saturated rings. The van der Waals surface area contributed by atoms with E-state index in [-0.39, 0.29) is 13.2 Å². The van der Waals surface area contributed by atoms with Gasteiger partial charge in [0.1, 0.15) is 18.1 Å². The van der Waals surface area contributed by atoms with Gasteiger partial charge in [-0.05, 0) is 91.2 Å². The van der Waals surface area contributed by atoms with Gasteiger partial charge in [0.2, 0.25) is 0 Å². The summed E-state index contributed by atoms with van der Waals surface area (Å²) in [6.07, 6.45) is 6.00. The second-order valence-electron chi connectivity index (χ2n) is 11.1. The van der Waals surface area contributed by atoms with Gasteiger partial charge in [0.15, 0.2) is 5.82 Å². The molecule has 0 aliphatic heterocycles. The lowest BCUT2D eigenvalue weighted by Gasteiger charge is -2.25. The second-order valence-corrected chi connectivity index (χ2v) is 12.4. The highest BCUT2D eigenvalue weighted by Crippen LogP contribution is 2.35. The number of aromatic nitrogens is 5. The molecule has 0 bridgehead atoms. The lowest BCUT2D eigenvalue weighted by molar-refractivity contribution is 0.0518. The smallest absolute Gasteiger partial charge is 0.355 e. The van der Waals surface area contributed by atoms with Gasteiger partial charge in [-0.25, -0.2) is 4.79 Å². The van der Waals surface area contributed by atoms with Crippen LogP contribution in [-0.4, -0.2) is 44.3 Å². The van der Waals surface area contributed by atoms with Crippen molar-refractivity contribution in [1.82, 2.24) is 30.5 Å². The fourth-order valence-electron chi connectivity index (χ4n) is 5.92. The molecule has 1 atom stereocenters. The molecular formula is C33H33Cl3N6O3. The van der Waals surface area contributed by atoms with Crippen molar-refractivity contribution in [2.75, 3.05) is 13.2 Å². The Morgan fingerprint density at radius 1 is 1.04 bits per heavy atom. The van der Waals surface area contributed by atoms with Crippen LogP contribution in [0, 0.1) is 5.92 Å². The van der Waals surface area contributed by atoms with Gasteiger partial charge in [0.05, 0.1) is 18.3 Å². The van der Waals surface area contributed by atoms with E-state index in [4.69, 9.17) is 44.3 Å². The van der Waals surface area contributed by atoms with Crippen LogP contribution in [-0.2, 0) is 11.3 Å². The van der Waals surface area contributed by atoms with Gasteiger partial charge in [-0.15, -0.1) is 5.10 Å². The lowest BCUT2D eigenvalue weighted by atomic mass is 9.89. The summed E-state index contributed by atoms with van der Waals surface area (Å²) in [7, 11) is 0. The summed E-state index contributed by atoms with van der Waals surface area (Å²) >= 11 is 19.0. The third-order valence-electron chi connectivity index (χ3n) is 8.18. The number of carbonyl (C=O) groups excluding carboxylic acids is 1. The predicted octanol–water partition coefficient (Wildman–Crippen LogP) is 8.12. The van der Waals surface area contributed by atoms with E-state index < -0.39 is 12.0 Å². The summed E-state index contributed by atoms with van der Waals surface area (Å²) in [6.45, 7) is 3.00. The molecule has 234 valence electrons. The van der Waals surface area contributed by atoms with E-state index >= 15 is 0 Å². The second kappa shape index (κ2) is 14.2. The standard InChI is InChI=1S/C33H33Cl3N6O3/c1-2-44-33(43)31-29(24-16-11-21(34)17-28(24)38-31)30(37-18-20-7-4-3-5-8-20)32-39-40-41-42(32)22-12-14-23(15-13-22)45-19-25-26(35)9-6-10-27(25)36/h6,9-17,20,30,37-38H,2-5,7-8,18-19H2,1H3. The van der Waals surface area contributed by atoms with Gasteiger partial charge in [0.25, 0.3) is 0 Å². The van der Waals surface area contributed by atoms with E-state index in [1.165, 1.54) is 19.3 Å². The first kappa shape index (κ1) is 31.4. The van der Waals surface area contributed by atoms with E-state index in [0.717, 1.165) is 41.5 Å². The summed E-state index contributed by atoms with van der Waals surface area (Å²) in [5.41, 5.74) is 3.22. The molecule has 0 saturated heterocycles. The molecule has 12 heteroatoms. The van der Waals surface area contributed by atoms with Gasteiger partial charge in [-0.2, -0.15) is 4.68 Å². The number of ether oxygens (including phenoxy) is 2. The van der Waals surface area contributed by atoms with Crippen molar-refractivity contribution in [2.45, 2.75) is 51.7 Å². The number of H-pyrrole nitrogens is 1. The van der Waals surface area contributed by atoms with Crippen molar-refractivity contribution in [1.29, 1.82) is 0 Å². The van der Waals surface area contributed by atoms with Crippen molar-refractivity contribution >= 4 is 51.7 Å². The Kier molecular flexibility index (Phi) is 9.90. The van der Waals surface area contributed by atoms with Crippen molar-refractivity contribution in [3.63, 3.8) is 0 Å². The Morgan fingerprint density at radius 3 is 2.53 bits per heavy atom. The minimum absolute atomic E-state index is 0.225. The number of hydrogen-bond acceptors (Lipinski definition) is 7. The van der Waals surface area contributed by atoms with Crippen molar-refractivity contribution in [2.24, 2.45) is 5.92 Å². The zero-order valence-corrected chi connectivity index (χ0v) is 27.0. The maximum absolute atomic E-state index is 13.3. The summed E-state index contributed by atoms with van der Waals surface area (Å²) in [5, 5.41) is 19.1. The molecule has 9 nitrogen and oxygen atoms in total. The zero-order chi connectivity index (χ0) is 31.3. The number of nitrogens with one attached hydrogen (secondary N) is 2. The number of halogens is 3. The van der Waals surface area contributed by atoms with Crippen LogP contribution < -0.4 is 10.1 Å². The van der Waals surface area contributed by atoms with E-state index in [2.05, 4.69) is 25.8 Å². The Hall–Kier alpha value is -3.63. The molecule has 5 aromatic rings. The molecule has 2 N–H and O–H groups in total. The molecule has 45 heavy (non-hydrogen) atoms. The lowest BCUT2D eigenvalue weighted by Crippen LogP contribution is -2.32. The molecule has 2 heterocycles. The van der Waals surface area contributed by atoms with Crippen LogP contribution in [0.2, 0.25) is 15.1 Å². The topological polar surface area (TPSA) is 107 Å². The Labute approximate surface area is 276 Å². The summed E-state index contributed by atoms with van der Waals surface area (Å²) in [4.78, 5) is 16.6. The Balaban J connectivity index is 1.35. The van der Waals surface area contributed by atoms with Gasteiger partial charge in [-0.1, -0.05) is 66.2 Å². The number of fused-ring (bicyclic) bond motifs is 1. The summed E-state index contributed by atoms with van der Waals surface area (Å²) in [5.74, 6) is 1.22. The molecule has 1 aliphatic carbocycles. The maximum atomic E-state index is 13.3. The van der Waals surface area contributed by atoms with Crippen LogP contribution in [0.1, 0.15) is 72.5 Å². The third kappa shape index (κ3) is 6.97. The quantitative estimate of drug-likeness (QED) is 0.137. The molecule has 0 spiro atoms. The van der Waals surface area contributed by atoms with Crippen molar-refractivity contribution in [3.05, 3.63) is 98.4 Å². The number of esters is 1. The number of hydrogen-bond donors (Lipinski definition) is 2. The highest BCUT2D eigenvalue weighted by Gasteiger charge is 2.31. The Bertz CT molecular complexity index is 1760. The average molecular weight is 668 g/mol. The van der Waals surface area contributed by atoms with E-state index in [1.807, 2.05) is 36.4 Å². The molecule has 6 rings (SSSR count). The van der Waals surface area contributed by atoms with Crippen LogP contribution in [0.3, 0.4) is 0 Å². The van der Waals surface area contributed by atoms with E-state index in [1.54, 1.807) is 35.9 Å². The van der Waals surface area contributed by atoms with Crippen LogP contribution in [0.15, 0.2) is 60.7 Å². The van der Waals surface area contributed by atoms with Crippen LogP contribution in [0.5, 0.6) is 5.75 Å². The van der Waals surface area contributed by atoms with Crippen LogP contribution >= 0.6 is 34.8 Å². The van der Waals surface area contributed by atoms with Crippen molar-refractivity contribution < 1.29 is 14.3 Å². The highest BCUT2D eigenvalue weighted by atomic mass is 35.5. The fourth-order valence-corrected chi connectivity index (χ4v) is 6.60. The molecule has 0 radical (unpaired) electrons. The molecular weight excluding hydrogens is 635 g/mol. The predicted molar refractivity (Wildman–Crippen MR) is 176 cm³/mol. The van der Waals surface area contributed by atoms with Crippen molar-refractivity contribution in [3.8, 4) is 11.4 Å². The first-order valence-electron chi connectivity index (χ1n) is 15.1. The SMILES string of the molecule is CCOC(=O)c1[nH]c2cc(Cl)ccc2c1C(NCC1CCCCC1)c1nnnn1-c1ccc(OCc2c(Cl)cccc2Cl)cc1. The molecule has 1 unspecified atom stereocenters. The van der Waals surface area contributed by atoms with E-state index in [9.17, 15) is 4.79 Å². The normalized spacial score (nSPS) is 14.5. The fraction of sp³-hybridized carbons (Fsp3) is 0.333. The van der Waals surface area contributed by atoms with E-state index in [0.29, 0.717) is 43.8 Å². The van der Waals surface area contributed by atoms with Gasteiger partial charge in [0, 0.05) is 37.1 Å². The number of rotatable bonds is 11. The summed E-state index contributed by atoms with van der Waals surface area (Å²) in [6, 6.07) is 17.8. The number of tetrazole rings is 1. The van der Waals surface area contributed by atoms with Gasteiger partial charge in [-0.3, -0.25) is 0 Å². The van der Waals surface area contributed by atoms with Crippen LogP contribution in [0.25, 0.3) is 16.6 Å². The van der Waals surface area contributed by atoms with Gasteiger partial charge >= 0.3 is 5.97 Å². The van der Waals surface area contributed by atoms with Crippen LogP contribution in [0.4, 0.5) is 0 Å². The maximum Gasteiger partial charge on any atom is 0.355 e. The summed E-state index contributed by atoms with van der Waals surface area (Å²) < 4.78 is 13.1. The zero-order valence-electron chi connectivity index (χ0n) is 24.7. The highest BCUT2D eigenvalue weighted by molar-refractivity contribution is 6.36. The largest absolute Gasteiger partial charge is 0.489 e. The third-order valence-corrected chi connectivity index (χ3v) is 9.13. The minimum Gasteiger partial charge on any atom is -0.489 e. The molecule has 1 aliphatic rings. The first-order valence-corrected chi connectivity index (χ1v) is 16.2. The average Bonchev–Trinajstić information content (AvgIpc) is 3.68. The number of aromatic amines is 1. The van der Waals surface area contributed by atoms with Gasteiger partial charge < -0.3 is 19.8 Å². The molecule has 1 saturated carbocycles. The first-order chi connectivity index (χ1) is 21.9. The Morgan fingerprint density at radius 2 is 1.80 bits per heavy atom. The number of benzene rings is 3. The molecule has 0 amide bonds. The molecule has 2 aromatic heterocycles. The molecule has 3 aromatic carbocycles. The number of carbonyl (C=O) groups is 1. The monoisotopic (exact) mass is 666 g/mol. The number of nitrogens with zero attached hydrogens (tertiary/aromatic N) is 4. The minimum atomic E-state index is -0.533.